The Morgan fingerprint density at radius 1 is 1.22 bits per heavy atom. The van der Waals surface area contributed by atoms with Crippen LogP contribution in [0.2, 0.25) is 0 Å². The first-order valence-corrected chi connectivity index (χ1v) is 5.65. The SMILES string of the molecule is CCN(C(=O)c1ccncc1N)c1ccncc1. The molecule has 0 aliphatic heterocycles. The van der Waals surface area contributed by atoms with E-state index >= 15 is 0 Å². The van der Waals surface area contributed by atoms with Crippen LogP contribution in [-0.2, 0) is 0 Å². The van der Waals surface area contributed by atoms with Crippen molar-refractivity contribution in [3.63, 3.8) is 0 Å². The van der Waals surface area contributed by atoms with Crippen molar-refractivity contribution in [3.05, 3.63) is 48.5 Å². The van der Waals surface area contributed by atoms with E-state index < -0.39 is 0 Å². The molecule has 0 atom stereocenters. The minimum Gasteiger partial charge on any atom is -0.397 e. The van der Waals surface area contributed by atoms with Crippen LogP contribution in [0.1, 0.15) is 17.3 Å². The minimum absolute atomic E-state index is 0.136. The summed E-state index contributed by atoms with van der Waals surface area (Å²) in [5.74, 6) is -0.136. The fourth-order valence-electron chi connectivity index (χ4n) is 1.71. The Morgan fingerprint density at radius 3 is 2.50 bits per heavy atom. The highest BCUT2D eigenvalue weighted by atomic mass is 16.2. The molecule has 5 nitrogen and oxygen atoms in total. The van der Waals surface area contributed by atoms with E-state index in [9.17, 15) is 4.79 Å². The van der Waals surface area contributed by atoms with Crippen molar-refractivity contribution in [2.75, 3.05) is 17.2 Å². The van der Waals surface area contributed by atoms with Gasteiger partial charge >= 0.3 is 0 Å². The van der Waals surface area contributed by atoms with Crippen molar-refractivity contribution in [1.29, 1.82) is 0 Å². The van der Waals surface area contributed by atoms with Crippen molar-refractivity contribution in [1.82, 2.24) is 9.97 Å². The lowest BCUT2D eigenvalue weighted by molar-refractivity contribution is 0.0989. The molecule has 0 fully saturated rings. The number of nitrogens with two attached hydrogens (primary N) is 1. The van der Waals surface area contributed by atoms with E-state index in [1.54, 1.807) is 41.7 Å². The van der Waals surface area contributed by atoms with Gasteiger partial charge in [0.05, 0.1) is 17.4 Å². The van der Waals surface area contributed by atoms with E-state index in [4.69, 9.17) is 5.73 Å². The lowest BCUT2D eigenvalue weighted by atomic mass is 10.2. The number of rotatable bonds is 3. The molecular weight excluding hydrogens is 228 g/mol. The third kappa shape index (κ3) is 2.29. The molecule has 18 heavy (non-hydrogen) atoms. The topological polar surface area (TPSA) is 72.1 Å². The smallest absolute Gasteiger partial charge is 0.260 e. The molecular formula is C13H14N4O. The lowest BCUT2D eigenvalue weighted by Gasteiger charge is -2.21. The van der Waals surface area contributed by atoms with Crippen LogP contribution in [0.4, 0.5) is 11.4 Å². The summed E-state index contributed by atoms with van der Waals surface area (Å²) in [5, 5.41) is 0. The average Bonchev–Trinajstić information content (AvgIpc) is 2.41. The van der Waals surface area contributed by atoms with Crippen molar-refractivity contribution in [3.8, 4) is 0 Å². The molecule has 92 valence electrons. The van der Waals surface area contributed by atoms with Crippen LogP contribution >= 0.6 is 0 Å². The number of hydrogen-bond donors (Lipinski definition) is 1. The second-order valence-electron chi connectivity index (χ2n) is 3.72. The summed E-state index contributed by atoms with van der Waals surface area (Å²) in [6.45, 7) is 2.47. The number of nitrogen functional groups attached to an aromatic ring is 1. The molecule has 0 saturated carbocycles. The number of aromatic nitrogens is 2. The molecule has 1 amide bonds. The van der Waals surface area contributed by atoms with Crippen molar-refractivity contribution >= 4 is 17.3 Å². The Hall–Kier alpha value is -2.43. The molecule has 5 heteroatoms. The standard InChI is InChI=1S/C13H14N4O/c1-2-17(10-3-6-15-7-4-10)13(18)11-5-8-16-9-12(11)14/h3-9H,2,14H2,1H3. The van der Waals surface area contributed by atoms with Crippen LogP contribution < -0.4 is 10.6 Å². The number of nitrogens with zero attached hydrogens (tertiary/aromatic N) is 3. The Bertz CT molecular complexity index is 542. The summed E-state index contributed by atoms with van der Waals surface area (Å²) in [5.41, 5.74) is 7.42. The Balaban J connectivity index is 2.35. The van der Waals surface area contributed by atoms with E-state index in [-0.39, 0.29) is 5.91 Å². The number of carbonyl (C=O) groups excluding carboxylic acids is 1. The van der Waals surface area contributed by atoms with Gasteiger partial charge in [0, 0.05) is 30.8 Å². The normalized spacial score (nSPS) is 10.1. The van der Waals surface area contributed by atoms with Gasteiger partial charge in [-0.1, -0.05) is 0 Å². The zero-order chi connectivity index (χ0) is 13.0. The molecule has 0 aliphatic rings. The first kappa shape index (κ1) is 12.0. The van der Waals surface area contributed by atoms with Gasteiger partial charge in [0.15, 0.2) is 0 Å². The van der Waals surface area contributed by atoms with Gasteiger partial charge in [-0.3, -0.25) is 14.8 Å². The molecule has 2 rings (SSSR count). The van der Waals surface area contributed by atoms with Gasteiger partial charge in [-0.25, -0.2) is 0 Å². The Kier molecular flexibility index (Phi) is 3.52. The Morgan fingerprint density at radius 2 is 1.89 bits per heavy atom. The maximum absolute atomic E-state index is 12.4. The van der Waals surface area contributed by atoms with Crippen LogP contribution in [0.3, 0.4) is 0 Å². The molecule has 0 aromatic carbocycles. The first-order valence-electron chi connectivity index (χ1n) is 5.65. The molecule has 0 unspecified atom stereocenters. The number of anilines is 2. The zero-order valence-electron chi connectivity index (χ0n) is 10.1. The number of amides is 1. The Labute approximate surface area is 105 Å². The fraction of sp³-hybridized carbons (Fsp3) is 0.154. The second kappa shape index (κ2) is 5.27. The molecule has 2 N–H and O–H groups in total. The highest BCUT2D eigenvalue weighted by molar-refractivity contribution is 6.09. The van der Waals surface area contributed by atoms with Gasteiger partial charge in [-0.15, -0.1) is 0 Å². The van der Waals surface area contributed by atoms with E-state index in [2.05, 4.69) is 9.97 Å². The molecule has 2 aromatic heterocycles. The predicted octanol–water partition coefficient (Wildman–Crippen LogP) is 1.73. The molecule has 0 radical (unpaired) electrons. The van der Waals surface area contributed by atoms with Crippen LogP contribution in [0.15, 0.2) is 43.0 Å². The fourth-order valence-corrected chi connectivity index (χ4v) is 1.71. The maximum atomic E-state index is 12.4. The minimum atomic E-state index is -0.136. The summed E-state index contributed by atoms with van der Waals surface area (Å²) in [7, 11) is 0. The van der Waals surface area contributed by atoms with Gasteiger partial charge in [0.25, 0.3) is 5.91 Å². The van der Waals surface area contributed by atoms with Gasteiger partial charge in [0.2, 0.25) is 0 Å². The first-order chi connectivity index (χ1) is 8.74. The number of hydrogen-bond acceptors (Lipinski definition) is 4. The molecule has 0 spiro atoms. The highest BCUT2D eigenvalue weighted by Gasteiger charge is 2.17. The van der Waals surface area contributed by atoms with Crippen LogP contribution in [-0.4, -0.2) is 22.4 Å². The summed E-state index contributed by atoms with van der Waals surface area (Å²) < 4.78 is 0. The quantitative estimate of drug-likeness (QED) is 0.889. The summed E-state index contributed by atoms with van der Waals surface area (Å²) in [6, 6.07) is 5.21. The average molecular weight is 242 g/mol. The van der Waals surface area contributed by atoms with Crippen LogP contribution in [0.25, 0.3) is 0 Å². The van der Waals surface area contributed by atoms with Gasteiger partial charge in [0.1, 0.15) is 0 Å². The van der Waals surface area contributed by atoms with E-state index in [0.29, 0.717) is 17.8 Å². The largest absolute Gasteiger partial charge is 0.397 e. The van der Waals surface area contributed by atoms with E-state index in [0.717, 1.165) is 5.69 Å². The molecule has 2 aromatic rings. The number of carbonyl (C=O) groups is 1. The molecule has 0 aliphatic carbocycles. The second-order valence-corrected chi connectivity index (χ2v) is 3.72. The number of pyridine rings is 2. The summed E-state index contributed by atoms with van der Waals surface area (Å²) in [4.78, 5) is 21.9. The van der Waals surface area contributed by atoms with Gasteiger partial charge < -0.3 is 10.6 Å². The van der Waals surface area contributed by atoms with Crippen molar-refractivity contribution in [2.24, 2.45) is 0 Å². The van der Waals surface area contributed by atoms with Crippen LogP contribution in [0, 0.1) is 0 Å². The third-order valence-electron chi connectivity index (χ3n) is 2.62. The molecule has 0 saturated heterocycles. The maximum Gasteiger partial charge on any atom is 0.260 e. The zero-order valence-corrected chi connectivity index (χ0v) is 10.1. The van der Waals surface area contributed by atoms with Crippen molar-refractivity contribution in [2.45, 2.75) is 6.92 Å². The van der Waals surface area contributed by atoms with E-state index in [1.807, 2.05) is 6.92 Å². The monoisotopic (exact) mass is 242 g/mol. The lowest BCUT2D eigenvalue weighted by Crippen LogP contribution is -2.31. The highest BCUT2D eigenvalue weighted by Crippen LogP contribution is 2.18. The van der Waals surface area contributed by atoms with Gasteiger partial charge in [-0.2, -0.15) is 0 Å². The molecule has 2 heterocycles. The van der Waals surface area contributed by atoms with E-state index in [1.165, 1.54) is 6.20 Å². The predicted molar refractivity (Wildman–Crippen MR) is 70.2 cm³/mol. The van der Waals surface area contributed by atoms with Crippen molar-refractivity contribution < 1.29 is 4.79 Å². The summed E-state index contributed by atoms with van der Waals surface area (Å²) in [6.07, 6.45) is 6.35. The molecule has 0 bridgehead atoms. The summed E-state index contributed by atoms with van der Waals surface area (Å²) >= 11 is 0. The third-order valence-corrected chi connectivity index (χ3v) is 2.62. The van der Waals surface area contributed by atoms with Gasteiger partial charge in [-0.05, 0) is 25.1 Å². The van der Waals surface area contributed by atoms with Crippen LogP contribution in [0.5, 0.6) is 0 Å².